The maximum atomic E-state index is 5.62. The predicted octanol–water partition coefficient (Wildman–Crippen LogP) is 2.16. The number of hydrogen-bond donors (Lipinski definition) is 1. The van der Waals surface area contributed by atoms with Gasteiger partial charge in [0.25, 0.3) is 0 Å². The van der Waals surface area contributed by atoms with Crippen LogP contribution in [0.1, 0.15) is 37.6 Å². The normalized spacial score (nSPS) is 16.2. The van der Waals surface area contributed by atoms with Crippen molar-refractivity contribution in [3.63, 3.8) is 0 Å². The number of nitrogens with two attached hydrogens (primary N) is 1. The summed E-state index contributed by atoms with van der Waals surface area (Å²) in [5.41, 5.74) is 7.75. The van der Waals surface area contributed by atoms with E-state index in [0.717, 1.165) is 30.4 Å². The van der Waals surface area contributed by atoms with Gasteiger partial charge >= 0.3 is 0 Å². The highest BCUT2D eigenvalue weighted by Crippen LogP contribution is 2.27. The zero-order valence-electron chi connectivity index (χ0n) is 10.7. The van der Waals surface area contributed by atoms with Gasteiger partial charge in [0.2, 0.25) is 0 Å². The number of rotatable bonds is 6. The summed E-state index contributed by atoms with van der Waals surface area (Å²) in [5, 5.41) is 0. The molecule has 1 aliphatic carbocycles. The van der Waals surface area contributed by atoms with Gasteiger partial charge in [0.15, 0.2) is 0 Å². The van der Waals surface area contributed by atoms with Crippen LogP contribution in [-0.4, -0.2) is 23.0 Å². The van der Waals surface area contributed by atoms with Gasteiger partial charge in [-0.15, -0.1) is 0 Å². The van der Waals surface area contributed by atoms with Gasteiger partial charge in [0.1, 0.15) is 0 Å². The van der Waals surface area contributed by atoms with E-state index in [1.54, 1.807) is 0 Å². The van der Waals surface area contributed by atoms with Crippen molar-refractivity contribution < 1.29 is 0 Å². The Bertz CT molecular complexity index is 347. The summed E-state index contributed by atoms with van der Waals surface area (Å²) < 4.78 is 0. The van der Waals surface area contributed by atoms with Crippen LogP contribution in [0.25, 0.3) is 0 Å². The van der Waals surface area contributed by atoms with Crippen molar-refractivity contribution >= 4 is 0 Å². The van der Waals surface area contributed by atoms with E-state index >= 15 is 0 Å². The zero-order valence-corrected chi connectivity index (χ0v) is 10.7. The molecule has 0 radical (unpaired) electrons. The average Bonchev–Trinajstić information content (AvgIpc) is 2.32. The molecule has 94 valence electrons. The first-order chi connectivity index (χ1) is 8.31. The van der Waals surface area contributed by atoms with E-state index in [9.17, 15) is 0 Å². The molecule has 1 saturated carbocycles. The van der Waals surface area contributed by atoms with Gasteiger partial charge in [-0.1, -0.05) is 19.4 Å². The van der Waals surface area contributed by atoms with E-state index in [1.165, 1.54) is 25.8 Å². The summed E-state index contributed by atoms with van der Waals surface area (Å²) in [6.07, 6.45) is 4.24. The Morgan fingerprint density at radius 3 is 2.71 bits per heavy atom. The van der Waals surface area contributed by atoms with Crippen molar-refractivity contribution in [2.24, 2.45) is 11.7 Å². The lowest BCUT2D eigenvalue weighted by Crippen LogP contribution is -2.32. The summed E-state index contributed by atoms with van der Waals surface area (Å²) >= 11 is 0. The van der Waals surface area contributed by atoms with Gasteiger partial charge in [-0.25, -0.2) is 0 Å². The maximum absolute atomic E-state index is 5.62. The third-order valence-electron chi connectivity index (χ3n) is 3.65. The molecule has 0 amide bonds. The molecule has 1 heterocycles. The van der Waals surface area contributed by atoms with Gasteiger partial charge in [0, 0.05) is 19.6 Å². The van der Waals surface area contributed by atoms with Gasteiger partial charge in [-0.2, -0.15) is 0 Å². The molecule has 0 atom stereocenters. The predicted molar refractivity (Wildman–Crippen MR) is 70.4 cm³/mol. The molecule has 1 aromatic rings. The van der Waals surface area contributed by atoms with E-state index in [-0.39, 0.29) is 0 Å². The summed E-state index contributed by atoms with van der Waals surface area (Å²) in [7, 11) is 0. The van der Waals surface area contributed by atoms with Crippen molar-refractivity contribution in [3.05, 3.63) is 29.6 Å². The van der Waals surface area contributed by atoms with Gasteiger partial charge in [0.05, 0.1) is 11.4 Å². The van der Waals surface area contributed by atoms with Crippen molar-refractivity contribution in [1.82, 2.24) is 9.88 Å². The monoisotopic (exact) mass is 233 g/mol. The SMILES string of the molecule is CCN(Cc1cccc(CN)n1)CC1CCC1. The maximum Gasteiger partial charge on any atom is 0.0547 e. The third kappa shape index (κ3) is 3.51. The molecule has 0 aromatic carbocycles. The van der Waals surface area contributed by atoms with Crippen LogP contribution in [-0.2, 0) is 13.1 Å². The van der Waals surface area contributed by atoms with Gasteiger partial charge in [-0.05, 0) is 37.4 Å². The lowest BCUT2D eigenvalue weighted by atomic mass is 9.85. The van der Waals surface area contributed by atoms with Crippen LogP contribution in [0, 0.1) is 5.92 Å². The minimum Gasteiger partial charge on any atom is -0.325 e. The fourth-order valence-electron chi connectivity index (χ4n) is 2.31. The quantitative estimate of drug-likeness (QED) is 0.818. The Morgan fingerprint density at radius 1 is 1.35 bits per heavy atom. The number of aromatic nitrogens is 1. The molecular formula is C14H23N3. The number of nitrogens with zero attached hydrogens (tertiary/aromatic N) is 2. The van der Waals surface area contributed by atoms with Crippen molar-refractivity contribution in [2.75, 3.05) is 13.1 Å². The second kappa shape index (κ2) is 6.12. The van der Waals surface area contributed by atoms with Crippen LogP contribution in [0.4, 0.5) is 0 Å². The second-order valence-electron chi connectivity index (χ2n) is 4.95. The largest absolute Gasteiger partial charge is 0.325 e. The topological polar surface area (TPSA) is 42.1 Å². The van der Waals surface area contributed by atoms with Crippen molar-refractivity contribution in [3.8, 4) is 0 Å². The lowest BCUT2D eigenvalue weighted by Gasteiger charge is -2.31. The smallest absolute Gasteiger partial charge is 0.0547 e. The molecule has 17 heavy (non-hydrogen) atoms. The molecular weight excluding hydrogens is 210 g/mol. The molecule has 0 aliphatic heterocycles. The minimum atomic E-state index is 0.530. The first-order valence-electron chi connectivity index (χ1n) is 6.69. The summed E-state index contributed by atoms with van der Waals surface area (Å²) in [6.45, 7) is 6.05. The van der Waals surface area contributed by atoms with Gasteiger partial charge < -0.3 is 5.73 Å². The van der Waals surface area contributed by atoms with Crippen LogP contribution in [0.2, 0.25) is 0 Å². The molecule has 0 bridgehead atoms. The van der Waals surface area contributed by atoms with Crippen molar-refractivity contribution in [2.45, 2.75) is 39.3 Å². The average molecular weight is 233 g/mol. The van der Waals surface area contributed by atoms with Crippen LogP contribution >= 0.6 is 0 Å². The fourth-order valence-corrected chi connectivity index (χ4v) is 2.31. The van der Waals surface area contributed by atoms with E-state index in [2.05, 4.69) is 28.9 Å². The van der Waals surface area contributed by atoms with Crippen LogP contribution in [0.3, 0.4) is 0 Å². The molecule has 2 N–H and O–H groups in total. The molecule has 3 heteroatoms. The second-order valence-corrected chi connectivity index (χ2v) is 4.95. The Balaban J connectivity index is 1.91. The molecule has 1 aliphatic rings. The summed E-state index contributed by atoms with van der Waals surface area (Å²) in [5.74, 6) is 0.924. The Morgan fingerprint density at radius 2 is 2.12 bits per heavy atom. The standard InChI is InChI=1S/C14H23N3/c1-2-17(10-12-5-3-6-12)11-14-8-4-7-13(9-15)16-14/h4,7-8,12H,2-3,5-6,9-11,15H2,1H3. The summed E-state index contributed by atoms with van der Waals surface area (Å²) in [4.78, 5) is 7.06. The highest BCUT2D eigenvalue weighted by molar-refractivity contribution is 5.11. The van der Waals surface area contributed by atoms with E-state index < -0.39 is 0 Å². The van der Waals surface area contributed by atoms with Crippen LogP contribution in [0.15, 0.2) is 18.2 Å². The Kier molecular flexibility index (Phi) is 4.51. The molecule has 0 saturated heterocycles. The highest BCUT2D eigenvalue weighted by Gasteiger charge is 2.20. The van der Waals surface area contributed by atoms with Crippen LogP contribution in [0.5, 0.6) is 0 Å². The zero-order chi connectivity index (χ0) is 12.1. The van der Waals surface area contributed by atoms with E-state index in [1.807, 2.05) is 6.07 Å². The van der Waals surface area contributed by atoms with E-state index in [0.29, 0.717) is 6.54 Å². The Hall–Kier alpha value is -0.930. The molecule has 3 nitrogen and oxygen atoms in total. The number of pyridine rings is 1. The lowest BCUT2D eigenvalue weighted by molar-refractivity contribution is 0.176. The van der Waals surface area contributed by atoms with E-state index in [4.69, 9.17) is 5.73 Å². The van der Waals surface area contributed by atoms with Gasteiger partial charge in [-0.3, -0.25) is 9.88 Å². The van der Waals surface area contributed by atoms with Crippen LogP contribution < -0.4 is 5.73 Å². The molecule has 2 rings (SSSR count). The Labute approximate surface area is 104 Å². The molecule has 1 aromatic heterocycles. The molecule has 0 unspecified atom stereocenters. The van der Waals surface area contributed by atoms with Crippen molar-refractivity contribution in [1.29, 1.82) is 0 Å². The first kappa shape index (κ1) is 12.5. The first-order valence-corrected chi connectivity index (χ1v) is 6.69. The fraction of sp³-hybridized carbons (Fsp3) is 0.643. The molecule has 0 spiro atoms. The highest BCUT2D eigenvalue weighted by atomic mass is 15.1. The molecule has 1 fully saturated rings. The number of hydrogen-bond acceptors (Lipinski definition) is 3. The minimum absolute atomic E-state index is 0.530. The third-order valence-corrected chi connectivity index (χ3v) is 3.65. The summed E-state index contributed by atoms with van der Waals surface area (Å²) in [6, 6.07) is 6.15.